The van der Waals surface area contributed by atoms with Crippen molar-refractivity contribution in [2.24, 2.45) is 0 Å². The molecule has 3 rings (SSSR count). The van der Waals surface area contributed by atoms with E-state index in [2.05, 4.69) is 4.74 Å². The van der Waals surface area contributed by atoms with E-state index in [0.29, 0.717) is 0 Å². The smallest absolute Gasteiger partial charge is 0.335 e. The lowest BCUT2D eigenvalue weighted by Crippen LogP contribution is -2.67. The molecule has 212 valence electrons. The summed E-state index contributed by atoms with van der Waals surface area (Å²) in [7, 11) is 0. The highest BCUT2D eigenvalue weighted by atomic mass is 16.8. The van der Waals surface area contributed by atoms with Crippen LogP contribution in [0.15, 0.2) is 0 Å². The summed E-state index contributed by atoms with van der Waals surface area (Å²) in [5.41, 5.74) is 0. The Balaban J connectivity index is 1.81. The van der Waals surface area contributed by atoms with Crippen LogP contribution in [0.2, 0.25) is 0 Å². The lowest BCUT2D eigenvalue weighted by molar-refractivity contribution is -0.368. The van der Waals surface area contributed by atoms with E-state index in [1.165, 1.54) is 0 Å². The maximum Gasteiger partial charge on any atom is 0.335 e. The van der Waals surface area contributed by atoms with Crippen LogP contribution in [0.3, 0.4) is 0 Å². The first-order valence-corrected chi connectivity index (χ1v) is 10.6. The molecule has 3 aliphatic heterocycles. The standard InChI is InChI=1S/C18H26O19/c19-1-2(20)10(13(26)27)36-17(6(1)24)35-9-4(22)7(25)18(37-12(9)15(30)31)34-8-3(21)5(23)16(32)33-11(8)14(28)29/h1-12,16-25,32H,(H,26,27)(H,28,29)(H,30,31)/t1-,2-,3+,4+,5-,6-,7-,8-,9-,10+,11-,12-,16?,17+,18+/m0/s1. The molecule has 0 bridgehead atoms. The van der Waals surface area contributed by atoms with Crippen LogP contribution in [0.25, 0.3) is 0 Å². The van der Waals surface area contributed by atoms with Crippen molar-refractivity contribution < 1.29 is 94.2 Å². The Bertz CT molecular complexity index is 853. The Morgan fingerprint density at radius 3 is 1.30 bits per heavy atom. The van der Waals surface area contributed by atoms with Crippen LogP contribution >= 0.6 is 0 Å². The predicted octanol–water partition coefficient (Wildman–Crippen LogP) is -7.30. The molecule has 3 aliphatic rings. The van der Waals surface area contributed by atoms with E-state index in [1.807, 2.05) is 0 Å². The highest BCUT2D eigenvalue weighted by Crippen LogP contribution is 2.32. The molecule has 0 amide bonds. The third-order valence-electron chi connectivity index (χ3n) is 5.99. The normalized spacial score (nSPS) is 48.8. The van der Waals surface area contributed by atoms with Gasteiger partial charge in [-0.05, 0) is 0 Å². The van der Waals surface area contributed by atoms with Crippen molar-refractivity contribution in [3.63, 3.8) is 0 Å². The molecule has 3 heterocycles. The summed E-state index contributed by atoms with van der Waals surface area (Å²) in [4.78, 5) is 34.5. The second kappa shape index (κ2) is 11.3. The van der Waals surface area contributed by atoms with Gasteiger partial charge in [-0.15, -0.1) is 0 Å². The first-order chi connectivity index (χ1) is 17.2. The number of hydrogen-bond acceptors (Lipinski definition) is 16. The van der Waals surface area contributed by atoms with Gasteiger partial charge in [0.15, 0.2) is 37.2 Å². The predicted molar refractivity (Wildman–Crippen MR) is 103 cm³/mol. The van der Waals surface area contributed by atoms with Gasteiger partial charge in [0.2, 0.25) is 0 Å². The highest BCUT2D eigenvalue weighted by Gasteiger charge is 2.56. The first kappa shape index (κ1) is 29.4. The van der Waals surface area contributed by atoms with Crippen molar-refractivity contribution in [1.29, 1.82) is 0 Å². The zero-order chi connectivity index (χ0) is 27.9. The van der Waals surface area contributed by atoms with E-state index in [4.69, 9.17) is 24.1 Å². The molecule has 15 atom stereocenters. The van der Waals surface area contributed by atoms with Crippen LogP contribution in [0.5, 0.6) is 0 Å². The summed E-state index contributed by atoms with van der Waals surface area (Å²) < 4.78 is 24.8. The van der Waals surface area contributed by atoms with Crippen molar-refractivity contribution in [3.8, 4) is 0 Å². The molecule has 19 nitrogen and oxygen atoms in total. The van der Waals surface area contributed by atoms with Crippen LogP contribution in [0, 0.1) is 0 Å². The SMILES string of the molecule is O=C(O)[C@H]1O[C@@H](O[C@H]2[C@H](O)[C@H](O)C(O)O[C@@H]2C(=O)O)[C@@H](O)[C@@H](O)[C@@H]1O[C@@H]1O[C@@H](C(=O)O)[C@@H](O)[C@H](O)[C@@H]1O. The van der Waals surface area contributed by atoms with Gasteiger partial charge in [-0.2, -0.15) is 0 Å². The fourth-order valence-corrected chi connectivity index (χ4v) is 3.98. The van der Waals surface area contributed by atoms with Gasteiger partial charge in [0.1, 0.15) is 54.9 Å². The van der Waals surface area contributed by atoms with Gasteiger partial charge in [-0.3, -0.25) is 0 Å². The Morgan fingerprint density at radius 2 is 0.838 bits per heavy atom. The van der Waals surface area contributed by atoms with Gasteiger partial charge in [0.25, 0.3) is 0 Å². The number of ether oxygens (including phenoxy) is 5. The second-order valence-corrected chi connectivity index (χ2v) is 8.45. The van der Waals surface area contributed by atoms with Gasteiger partial charge in [0.05, 0.1) is 0 Å². The van der Waals surface area contributed by atoms with E-state index < -0.39 is 110 Å². The zero-order valence-electron chi connectivity index (χ0n) is 18.3. The molecule has 0 aromatic carbocycles. The van der Waals surface area contributed by atoms with Crippen molar-refractivity contribution in [2.75, 3.05) is 0 Å². The Labute approximate surface area is 205 Å². The van der Waals surface area contributed by atoms with E-state index in [1.54, 1.807) is 0 Å². The first-order valence-electron chi connectivity index (χ1n) is 10.6. The molecule has 37 heavy (non-hydrogen) atoms. The lowest BCUT2D eigenvalue weighted by atomic mass is 9.95. The number of hydrogen-bond donors (Lipinski definition) is 11. The average molecular weight is 546 g/mol. The molecule has 3 fully saturated rings. The molecular formula is C18H26O19. The molecule has 19 heteroatoms. The minimum absolute atomic E-state index is 1.79. The monoisotopic (exact) mass is 546 g/mol. The summed E-state index contributed by atoms with van der Waals surface area (Å²) in [5.74, 6) is -5.46. The van der Waals surface area contributed by atoms with Crippen LogP contribution in [-0.4, -0.2) is 166 Å². The third kappa shape index (κ3) is 5.68. The molecule has 0 aromatic heterocycles. The number of aliphatic hydroxyl groups excluding tert-OH is 8. The fraction of sp³-hybridized carbons (Fsp3) is 0.833. The van der Waals surface area contributed by atoms with Gasteiger partial charge in [-0.1, -0.05) is 0 Å². The Morgan fingerprint density at radius 1 is 0.459 bits per heavy atom. The number of carbonyl (C=O) groups is 3. The molecule has 11 N–H and O–H groups in total. The number of rotatable bonds is 7. The van der Waals surface area contributed by atoms with Crippen molar-refractivity contribution in [3.05, 3.63) is 0 Å². The van der Waals surface area contributed by atoms with Crippen LogP contribution < -0.4 is 0 Å². The van der Waals surface area contributed by atoms with Crippen molar-refractivity contribution >= 4 is 17.9 Å². The summed E-state index contributed by atoms with van der Waals surface area (Å²) in [5, 5.41) is 108. The van der Waals surface area contributed by atoms with E-state index in [9.17, 15) is 65.4 Å². The van der Waals surface area contributed by atoms with E-state index in [0.717, 1.165) is 0 Å². The summed E-state index contributed by atoms with van der Waals surface area (Å²) >= 11 is 0. The minimum atomic E-state index is -2.29. The summed E-state index contributed by atoms with van der Waals surface area (Å²) in [6.07, 6.45) is -32.5. The molecular weight excluding hydrogens is 520 g/mol. The fourth-order valence-electron chi connectivity index (χ4n) is 3.98. The second-order valence-electron chi connectivity index (χ2n) is 8.45. The molecule has 0 aromatic rings. The van der Waals surface area contributed by atoms with Crippen LogP contribution in [0.1, 0.15) is 0 Å². The van der Waals surface area contributed by atoms with Crippen LogP contribution in [-0.2, 0) is 38.1 Å². The maximum atomic E-state index is 11.8. The third-order valence-corrected chi connectivity index (χ3v) is 5.99. The average Bonchev–Trinajstić information content (AvgIpc) is 2.82. The number of aliphatic hydroxyl groups is 8. The quantitative estimate of drug-likeness (QED) is 0.141. The molecule has 0 saturated carbocycles. The zero-order valence-corrected chi connectivity index (χ0v) is 18.3. The van der Waals surface area contributed by atoms with Crippen molar-refractivity contribution in [1.82, 2.24) is 0 Å². The van der Waals surface area contributed by atoms with Gasteiger partial charge in [-0.25, -0.2) is 14.4 Å². The van der Waals surface area contributed by atoms with Gasteiger partial charge >= 0.3 is 17.9 Å². The number of carboxylic acids is 3. The summed E-state index contributed by atoms with van der Waals surface area (Å²) in [6, 6.07) is 0. The van der Waals surface area contributed by atoms with E-state index in [-0.39, 0.29) is 0 Å². The molecule has 0 spiro atoms. The number of aliphatic carboxylic acids is 3. The van der Waals surface area contributed by atoms with E-state index >= 15 is 0 Å². The number of carboxylic acid groups (broad SMARTS) is 3. The van der Waals surface area contributed by atoms with Crippen LogP contribution in [0.4, 0.5) is 0 Å². The molecule has 3 saturated heterocycles. The van der Waals surface area contributed by atoms with Gasteiger partial charge < -0.3 is 79.9 Å². The Hall–Kier alpha value is -2.11. The van der Waals surface area contributed by atoms with Crippen molar-refractivity contribution in [2.45, 2.75) is 92.1 Å². The Kier molecular flexibility index (Phi) is 9.01. The topological polar surface area (TPSA) is 320 Å². The molecule has 0 radical (unpaired) electrons. The summed E-state index contributed by atoms with van der Waals surface area (Å²) in [6.45, 7) is 0. The molecule has 1 unspecified atom stereocenters. The lowest BCUT2D eigenvalue weighted by Gasteiger charge is -2.46. The maximum absolute atomic E-state index is 11.8. The largest absolute Gasteiger partial charge is 0.479 e. The highest BCUT2D eigenvalue weighted by molar-refractivity contribution is 5.74. The van der Waals surface area contributed by atoms with Gasteiger partial charge in [0, 0.05) is 0 Å². The molecule has 0 aliphatic carbocycles. The minimum Gasteiger partial charge on any atom is -0.479 e.